The second-order valence-electron chi connectivity index (χ2n) is 8.15. The lowest BCUT2D eigenvalue weighted by Gasteiger charge is -2.19. The van der Waals surface area contributed by atoms with Crippen LogP contribution >= 0.6 is 0 Å². The van der Waals surface area contributed by atoms with Crippen LogP contribution in [0.3, 0.4) is 0 Å². The van der Waals surface area contributed by atoms with E-state index in [9.17, 15) is 22.8 Å². The number of ether oxygens (including phenoxy) is 1. The fraction of sp³-hybridized carbons (Fsp3) is 0.231. The van der Waals surface area contributed by atoms with Crippen molar-refractivity contribution in [2.24, 2.45) is 5.73 Å². The second kappa shape index (κ2) is 11.2. The molecule has 0 heterocycles. The van der Waals surface area contributed by atoms with E-state index in [1.165, 1.54) is 26.2 Å². The van der Waals surface area contributed by atoms with Gasteiger partial charge in [0.25, 0.3) is 0 Å². The highest BCUT2D eigenvalue weighted by Gasteiger charge is 2.31. The Morgan fingerprint density at radius 1 is 0.917 bits per heavy atom. The van der Waals surface area contributed by atoms with E-state index < -0.39 is 17.7 Å². The van der Waals surface area contributed by atoms with E-state index in [2.05, 4.69) is 16.0 Å². The Balaban J connectivity index is 2.05. The number of anilines is 4. The molecule has 0 saturated carbocycles. The topological polar surface area (TPSA) is 105 Å². The lowest BCUT2D eigenvalue weighted by molar-refractivity contribution is -0.137. The number of methoxy groups -OCH3 is 1. The number of halogens is 3. The van der Waals surface area contributed by atoms with Crippen molar-refractivity contribution in [3.63, 3.8) is 0 Å². The van der Waals surface area contributed by atoms with E-state index in [0.717, 1.165) is 17.7 Å². The number of para-hydroxylation sites is 1. The molecule has 7 nitrogen and oxygen atoms in total. The molecule has 0 amide bonds. The zero-order valence-electron chi connectivity index (χ0n) is 20.0. The van der Waals surface area contributed by atoms with Gasteiger partial charge < -0.3 is 21.1 Å². The molecule has 1 unspecified atom stereocenters. The minimum absolute atomic E-state index is 0.0634. The molecule has 1 atom stereocenters. The highest BCUT2D eigenvalue weighted by molar-refractivity contribution is 6.01. The number of Topliss-reactive ketones (excluding diaryl/α,β-unsaturated/α-hetero) is 1. The summed E-state index contributed by atoms with van der Waals surface area (Å²) in [5.74, 6) is -0.868. The molecule has 3 rings (SSSR count). The molecule has 0 fully saturated rings. The lowest BCUT2D eigenvalue weighted by Crippen LogP contribution is -2.33. The molecule has 0 spiro atoms. The van der Waals surface area contributed by atoms with E-state index in [1.807, 2.05) is 0 Å². The molecule has 0 bridgehead atoms. The van der Waals surface area contributed by atoms with Crippen molar-refractivity contribution in [1.82, 2.24) is 5.32 Å². The molecule has 0 aliphatic heterocycles. The van der Waals surface area contributed by atoms with Crippen LogP contribution in [-0.4, -0.2) is 25.0 Å². The van der Waals surface area contributed by atoms with Gasteiger partial charge in [0, 0.05) is 17.8 Å². The van der Waals surface area contributed by atoms with Crippen LogP contribution in [0.5, 0.6) is 0 Å². The summed E-state index contributed by atoms with van der Waals surface area (Å²) in [6.45, 7) is 3.57. The van der Waals surface area contributed by atoms with Gasteiger partial charge in [0.15, 0.2) is 5.78 Å². The van der Waals surface area contributed by atoms with Crippen LogP contribution in [0.15, 0.2) is 60.7 Å². The third-order valence-electron chi connectivity index (χ3n) is 5.31. The van der Waals surface area contributed by atoms with Gasteiger partial charge in [-0.2, -0.15) is 13.2 Å². The Labute approximate surface area is 206 Å². The molecule has 3 aromatic rings. The summed E-state index contributed by atoms with van der Waals surface area (Å²) in [5, 5.41) is 9.02. The summed E-state index contributed by atoms with van der Waals surface area (Å²) >= 11 is 0. The van der Waals surface area contributed by atoms with Gasteiger partial charge in [-0.25, -0.2) is 4.79 Å². The van der Waals surface area contributed by atoms with Crippen molar-refractivity contribution >= 4 is 34.5 Å². The normalized spacial score (nSPS) is 12.1. The average Bonchev–Trinajstić information content (AvgIpc) is 2.83. The van der Waals surface area contributed by atoms with Crippen LogP contribution in [0, 0.1) is 0 Å². The SMILES string of the molecule is COC(=O)c1ccccc1Nc1ccc(C(F)(F)F)cc1Nc1ccc(CNC(C)N)cc1C(C)=O. The number of nitrogens with one attached hydrogen (secondary N) is 3. The molecular weight excluding hydrogens is 473 g/mol. The maximum atomic E-state index is 13.5. The summed E-state index contributed by atoms with van der Waals surface area (Å²) in [5.41, 5.74) is 7.14. The number of esters is 1. The van der Waals surface area contributed by atoms with E-state index in [-0.39, 0.29) is 28.9 Å². The molecule has 190 valence electrons. The fourth-order valence-corrected chi connectivity index (χ4v) is 3.48. The molecule has 0 aromatic heterocycles. The minimum Gasteiger partial charge on any atom is -0.465 e. The number of carbonyl (C=O) groups is 2. The first-order valence-electron chi connectivity index (χ1n) is 11.0. The molecule has 3 aromatic carbocycles. The number of ketones is 1. The van der Waals surface area contributed by atoms with Gasteiger partial charge >= 0.3 is 12.1 Å². The van der Waals surface area contributed by atoms with Crippen LogP contribution in [0.1, 0.15) is 45.7 Å². The molecule has 0 saturated heterocycles. The van der Waals surface area contributed by atoms with Gasteiger partial charge in [0.2, 0.25) is 0 Å². The van der Waals surface area contributed by atoms with Crippen LogP contribution in [-0.2, 0) is 17.5 Å². The minimum atomic E-state index is -4.59. The zero-order chi connectivity index (χ0) is 26.5. The number of hydrogen-bond acceptors (Lipinski definition) is 7. The summed E-state index contributed by atoms with van der Waals surface area (Å²) in [6.07, 6.45) is -4.84. The van der Waals surface area contributed by atoms with Gasteiger partial charge in [-0.15, -0.1) is 0 Å². The van der Waals surface area contributed by atoms with Gasteiger partial charge in [-0.3, -0.25) is 10.1 Å². The fourth-order valence-electron chi connectivity index (χ4n) is 3.48. The van der Waals surface area contributed by atoms with Gasteiger partial charge in [0.1, 0.15) is 0 Å². The van der Waals surface area contributed by atoms with E-state index in [1.54, 1.807) is 43.3 Å². The van der Waals surface area contributed by atoms with Crippen LogP contribution in [0.2, 0.25) is 0 Å². The maximum Gasteiger partial charge on any atom is 0.416 e. The van der Waals surface area contributed by atoms with Gasteiger partial charge in [-0.1, -0.05) is 18.2 Å². The number of hydrogen-bond donors (Lipinski definition) is 4. The van der Waals surface area contributed by atoms with Crippen LogP contribution < -0.4 is 21.7 Å². The highest BCUT2D eigenvalue weighted by atomic mass is 19.4. The quantitative estimate of drug-likeness (QED) is 0.173. The summed E-state index contributed by atoms with van der Waals surface area (Å²) in [4.78, 5) is 24.5. The van der Waals surface area contributed by atoms with Crippen molar-refractivity contribution in [1.29, 1.82) is 0 Å². The first-order valence-corrected chi connectivity index (χ1v) is 11.0. The first-order chi connectivity index (χ1) is 17.0. The third kappa shape index (κ3) is 6.61. The Hall–Kier alpha value is -3.89. The standard InChI is InChI=1S/C26H27F3N4O3/c1-15(34)20-12-17(14-31-16(2)30)8-10-22(20)33-24-13-18(26(27,28)29)9-11-23(24)32-21-7-5-4-6-19(21)25(35)36-3/h4-13,16,31-33H,14,30H2,1-3H3. The molecule has 36 heavy (non-hydrogen) atoms. The Morgan fingerprint density at radius 2 is 1.56 bits per heavy atom. The van der Waals surface area contributed by atoms with Gasteiger partial charge in [-0.05, 0) is 61.9 Å². The number of benzene rings is 3. The summed E-state index contributed by atoms with van der Waals surface area (Å²) in [6, 6.07) is 14.6. The summed E-state index contributed by atoms with van der Waals surface area (Å²) < 4.78 is 45.3. The predicted octanol–water partition coefficient (Wildman–Crippen LogP) is 5.58. The summed E-state index contributed by atoms with van der Waals surface area (Å²) in [7, 11) is 1.24. The van der Waals surface area contributed by atoms with Crippen LogP contribution in [0.25, 0.3) is 0 Å². The lowest BCUT2D eigenvalue weighted by atomic mass is 10.0. The molecular formula is C26H27F3N4O3. The number of rotatable bonds is 9. The van der Waals surface area contributed by atoms with Crippen molar-refractivity contribution in [2.75, 3.05) is 17.7 Å². The van der Waals surface area contributed by atoms with Crippen molar-refractivity contribution in [3.05, 3.63) is 82.9 Å². The Bertz CT molecular complexity index is 1260. The predicted molar refractivity (Wildman–Crippen MR) is 133 cm³/mol. The zero-order valence-corrected chi connectivity index (χ0v) is 20.0. The van der Waals surface area contributed by atoms with Crippen molar-refractivity contribution < 1.29 is 27.5 Å². The molecule has 0 aliphatic carbocycles. The van der Waals surface area contributed by atoms with Gasteiger partial charge in [0.05, 0.1) is 41.5 Å². The van der Waals surface area contributed by atoms with E-state index in [0.29, 0.717) is 23.5 Å². The molecule has 0 radical (unpaired) electrons. The maximum absolute atomic E-state index is 13.5. The first kappa shape index (κ1) is 26.7. The number of alkyl halides is 3. The monoisotopic (exact) mass is 500 g/mol. The third-order valence-corrected chi connectivity index (χ3v) is 5.31. The molecule has 10 heteroatoms. The Kier molecular flexibility index (Phi) is 8.33. The highest BCUT2D eigenvalue weighted by Crippen LogP contribution is 2.37. The molecule has 5 N–H and O–H groups in total. The van der Waals surface area contributed by atoms with Crippen molar-refractivity contribution in [2.45, 2.75) is 32.7 Å². The van der Waals surface area contributed by atoms with Crippen LogP contribution in [0.4, 0.5) is 35.9 Å². The average molecular weight is 501 g/mol. The van der Waals surface area contributed by atoms with E-state index >= 15 is 0 Å². The molecule has 0 aliphatic rings. The smallest absolute Gasteiger partial charge is 0.416 e. The second-order valence-corrected chi connectivity index (χ2v) is 8.15. The number of carbonyl (C=O) groups excluding carboxylic acids is 2. The van der Waals surface area contributed by atoms with E-state index in [4.69, 9.17) is 10.5 Å². The van der Waals surface area contributed by atoms with Crippen molar-refractivity contribution in [3.8, 4) is 0 Å². The Morgan fingerprint density at radius 3 is 2.19 bits per heavy atom. The largest absolute Gasteiger partial charge is 0.465 e. The number of nitrogens with two attached hydrogens (primary N) is 1.